The van der Waals surface area contributed by atoms with Gasteiger partial charge in [-0.1, -0.05) is 18.6 Å². The third-order valence-electron chi connectivity index (χ3n) is 7.74. The molecule has 1 atom stereocenters. The number of hydrogen-bond donors (Lipinski definition) is 3. The highest BCUT2D eigenvalue weighted by Crippen LogP contribution is 2.50. The highest BCUT2D eigenvalue weighted by atomic mass is 16.5. The Hall–Kier alpha value is -4.60. The molecule has 1 aromatic heterocycles. The summed E-state index contributed by atoms with van der Waals surface area (Å²) < 4.78 is 17.1. The molecule has 3 N–H and O–H groups in total. The number of unbranched alkanes of at least 4 members (excludes halogenated alkanes) is 2. The molecule has 0 saturated heterocycles. The van der Waals surface area contributed by atoms with Crippen molar-refractivity contribution in [2.24, 2.45) is 0 Å². The van der Waals surface area contributed by atoms with Crippen LogP contribution in [0, 0.1) is 0 Å². The molecule has 2 aromatic carbocycles. The Morgan fingerprint density at radius 2 is 1.77 bits per heavy atom. The summed E-state index contributed by atoms with van der Waals surface area (Å²) in [5.74, 6) is 1.39. The van der Waals surface area contributed by atoms with Gasteiger partial charge in [-0.05, 0) is 72.7 Å². The molecule has 1 unspecified atom stereocenters. The third kappa shape index (κ3) is 8.06. The molecule has 0 saturated carbocycles. The molecule has 4 rings (SSSR count). The van der Waals surface area contributed by atoms with Gasteiger partial charge in [0.2, 0.25) is 23.0 Å². The van der Waals surface area contributed by atoms with Gasteiger partial charge in [-0.15, -0.1) is 0 Å². The molecule has 1 heterocycles. The van der Waals surface area contributed by atoms with Crippen LogP contribution in [0.4, 0.5) is 5.69 Å². The van der Waals surface area contributed by atoms with E-state index in [1.54, 1.807) is 39.7 Å². The standard InChI is InChI=1S/C34H42N4O6/c1-22(39)38-27-14-12-23-20-30(42-2)33(43-3)34(44-4)32(23)25-13-15-28(29(40)21-26(25)27)36-18-8-5-6-11-31(41)37-19-16-24-10-7-9-17-35-24/h7,9-10,13,15,17,20-21,27H,5-6,8,11-12,14,16,18-19H2,1-4H3,(H,36,40)(H,37,41)(H,38,39). The second-order valence-electron chi connectivity index (χ2n) is 10.8. The fourth-order valence-corrected chi connectivity index (χ4v) is 5.63. The van der Waals surface area contributed by atoms with Crippen LogP contribution in [0.3, 0.4) is 0 Å². The van der Waals surface area contributed by atoms with E-state index in [0.717, 1.165) is 47.2 Å². The minimum absolute atomic E-state index is 0.0333. The van der Waals surface area contributed by atoms with Crippen molar-refractivity contribution >= 4 is 17.5 Å². The van der Waals surface area contributed by atoms with Gasteiger partial charge in [0.25, 0.3) is 0 Å². The first kappa shape index (κ1) is 32.3. The van der Waals surface area contributed by atoms with Gasteiger partial charge in [0.15, 0.2) is 11.5 Å². The summed E-state index contributed by atoms with van der Waals surface area (Å²) >= 11 is 0. The molecular weight excluding hydrogens is 560 g/mol. The molecule has 234 valence electrons. The summed E-state index contributed by atoms with van der Waals surface area (Å²) in [6, 6.07) is 12.6. The summed E-state index contributed by atoms with van der Waals surface area (Å²) in [6.07, 6.45) is 6.57. The molecule has 10 heteroatoms. The van der Waals surface area contributed by atoms with Gasteiger partial charge in [-0.3, -0.25) is 19.4 Å². The third-order valence-corrected chi connectivity index (χ3v) is 7.74. The van der Waals surface area contributed by atoms with Crippen molar-refractivity contribution in [2.75, 3.05) is 39.7 Å². The molecule has 0 fully saturated rings. The summed E-state index contributed by atoms with van der Waals surface area (Å²) in [5, 5.41) is 9.25. The fourth-order valence-electron chi connectivity index (χ4n) is 5.63. The summed E-state index contributed by atoms with van der Waals surface area (Å²) in [5.41, 5.74) is 4.54. The molecule has 1 aliphatic carbocycles. The molecule has 0 aliphatic heterocycles. The average molecular weight is 603 g/mol. The van der Waals surface area contributed by atoms with E-state index in [2.05, 4.69) is 20.9 Å². The predicted molar refractivity (Wildman–Crippen MR) is 171 cm³/mol. The van der Waals surface area contributed by atoms with Gasteiger partial charge in [0.05, 0.1) is 33.1 Å². The van der Waals surface area contributed by atoms with E-state index in [1.807, 2.05) is 30.3 Å². The summed E-state index contributed by atoms with van der Waals surface area (Å²) in [7, 11) is 4.72. The first-order chi connectivity index (χ1) is 21.4. The monoisotopic (exact) mass is 602 g/mol. The maximum atomic E-state index is 13.4. The lowest BCUT2D eigenvalue weighted by Gasteiger charge is -2.19. The zero-order valence-corrected chi connectivity index (χ0v) is 26.0. The van der Waals surface area contributed by atoms with Crippen molar-refractivity contribution < 1.29 is 23.8 Å². The van der Waals surface area contributed by atoms with Crippen LogP contribution in [0.25, 0.3) is 11.1 Å². The van der Waals surface area contributed by atoms with Gasteiger partial charge in [-0.2, -0.15) is 0 Å². The highest BCUT2D eigenvalue weighted by molar-refractivity contribution is 5.83. The van der Waals surface area contributed by atoms with Crippen molar-refractivity contribution in [3.63, 3.8) is 0 Å². The largest absolute Gasteiger partial charge is 0.493 e. The zero-order valence-electron chi connectivity index (χ0n) is 26.0. The number of amides is 2. The van der Waals surface area contributed by atoms with Crippen molar-refractivity contribution in [1.29, 1.82) is 0 Å². The molecule has 10 nitrogen and oxygen atoms in total. The Balaban J connectivity index is 1.44. The first-order valence-electron chi connectivity index (χ1n) is 15.0. The molecule has 0 bridgehead atoms. The number of nitrogens with zero attached hydrogens (tertiary/aromatic N) is 1. The number of benzene rings is 1. The van der Waals surface area contributed by atoms with Crippen molar-refractivity contribution in [3.8, 4) is 28.4 Å². The normalized spacial score (nSPS) is 13.5. The lowest BCUT2D eigenvalue weighted by molar-refractivity contribution is -0.121. The fraction of sp³-hybridized carbons (Fsp3) is 0.412. The molecule has 0 radical (unpaired) electrons. The quantitative estimate of drug-likeness (QED) is 0.229. The van der Waals surface area contributed by atoms with Crippen LogP contribution in [-0.2, 0) is 22.4 Å². The van der Waals surface area contributed by atoms with E-state index in [1.165, 1.54) is 6.92 Å². The van der Waals surface area contributed by atoms with Crippen LogP contribution in [0.1, 0.15) is 61.9 Å². The van der Waals surface area contributed by atoms with Gasteiger partial charge in [0, 0.05) is 50.3 Å². The Bertz CT molecular complexity index is 1510. The smallest absolute Gasteiger partial charge is 0.220 e. The van der Waals surface area contributed by atoms with Gasteiger partial charge in [0.1, 0.15) is 0 Å². The number of methoxy groups -OCH3 is 3. The number of anilines is 1. The summed E-state index contributed by atoms with van der Waals surface area (Å²) in [4.78, 5) is 42.0. The number of fused-ring (bicyclic) bond motifs is 3. The van der Waals surface area contributed by atoms with Crippen molar-refractivity contribution in [1.82, 2.24) is 15.6 Å². The summed E-state index contributed by atoms with van der Waals surface area (Å²) in [6.45, 7) is 2.63. The Kier molecular flexibility index (Phi) is 11.6. The maximum Gasteiger partial charge on any atom is 0.220 e. The Morgan fingerprint density at radius 3 is 2.48 bits per heavy atom. The second kappa shape index (κ2) is 15.7. The molecule has 0 spiro atoms. The van der Waals surface area contributed by atoms with Gasteiger partial charge < -0.3 is 30.2 Å². The zero-order chi connectivity index (χ0) is 31.5. The topological polar surface area (TPSA) is 128 Å². The number of hydrogen-bond acceptors (Lipinski definition) is 8. The van der Waals surface area contributed by atoms with Crippen LogP contribution in [0.2, 0.25) is 0 Å². The molecule has 1 aliphatic rings. The lowest BCUT2D eigenvalue weighted by Crippen LogP contribution is -2.26. The van der Waals surface area contributed by atoms with Crippen molar-refractivity contribution in [2.45, 2.75) is 57.9 Å². The van der Waals surface area contributed by atoms with E-state index in [4.69, 9.17) is 14.2 Å². The van der Waals surface area contributed by atoms with Crippen LogP contribution in [0.5, 0.6) is 17.2 Å². The number of nitrogens with one attached hydrogen (secondary N) is 3. The minimum Gasteiger partial charge on any atom is -0.493 e. The van der Waals surface area contributed by atoms with E-state index in [0.29, 0.717) is 61.7 Å². The van der Waals surface area contributed by atoms with Crippen LogP contribution in [-0.4, -0.2) is 51.2 Å². The Morgan fingerprint density at radius 1 is 0.955 bits per heavy atom. The molecule has 3 aromatic rings. The SMILES string of the molecule is COc1cc2c(c(OC)c1OC)-c1ccc(NCCCCCC(=O)NCCc3ccccn3)c(=O)cc1C(NC(C)=O)CC2. The van der Waals surface area contributed by atoms with Crippen LogP contribution < -0.4 is 35.6 Å². The van der Waals surface area contributed by atoms with E-state index in [9.17, 15) is 14.4 Å². The van der Waals surface area contributed by atoms with E-state index >= 15 is 0 Å². The maximum absolute atomic E-state index is 13.4. The average Bonchev–Trinajstić information content (AvgIpc) is 3.26. The number of carbonyl (C=O) groups is 2. The lowest BCUT2D eigenvalue weighted by atomic mass is 9.95. The van der Waals surface area contributed by atoms with E-state index in [-0.39, 0.29) is 23.3 Å². The molecular formula is C34H42N4O6. The number of aromatic nitrogens is 1. The number of rotatable bonds is 14. The highest BCUT2D eigenvalue weighted by Gasteiger charge is 2.29. The number of ether oxygens (including phenoxy) is 3. The molecule has 44 heavy (non-hydrogen) atoms. The molecule has 2 amide bonds. The van der Waals surface area contributed by atoms with E-state index < -0.39 is 0 Å². The van der Waals surface area contributed by atoms with Gasteiger partial charge in [-0.25, -0.2) is 0 Å². The van der Waals surface area contributed by atoms with Crippen molar-refractivity contribution in [3.05, 3.63) is 75.7 Å². The van der Waals surface area contributed by atoms with Gasteiger partial charge >= 0.3 is 0 Å². The van der Waals surface area contributed by atoms with Crippen LogP contribution in [0.15, 0.2) is 53.5 Å². The Labute approximate surface area is 258 Å². The number of pyridine rings is 1. The predicted octanol–water partition coefficient (Wildman–Crippen LogP) is 4.59. The number of aryl methyl sites for hydroxylation is 1. The van der Waals surface area contributed by atoms with Crippen LogP contribution >= 0.6 is 0 Å². The first-order valence-corrected chi connectivity index (χ1v) is 15.0. The number of carbonyl (C=O) groups excluding carboxylic acids is 2. The second-order valence-corrected chi connectivity index (χ2v) is 10.8. The minimum atomic E-state index is -0.361.